The van der Waals surface area contributed by atoms with Crippen molar-refractivity contribution in [3.63, 3.8) is 0 Å². The lowest BCUT2D eigenvalue weighted by Crippen LogP contribution is -2.68. The van der Waals surface area contributed by atoms with E-state index in [9.17, 15) is 0 Å². The van der Waals surface area contributed by atoms with Crippen molar-refractivity contribution in [1.82, 2.24) is 10.6 Å². The van der Waals surface area contributed by atoms with Gasteiger partial charge < -0.3 is 19.8 Å². The Labute approximate surface area is 172 Å². The first kappa shape index (κ1) is 19.5. The van der Waals surface area contributed by atoms with E-state index >= 15 is 0 Å². The normalized spacial score (nSPS) is 28.0. The molecule has 2 aliphatic rings. The molecule has 0 spiro atoms. The summed E-state index contributed by atoms with van der Waals surface area (Å²) in [4.78, 5) is 4.42. The average Bonchev–Trinajstić information content (AvgIpc) is 3.23. The van der Waals surface area contributed by atoms with Gasteiger partial charge in [-0.25, -0.2) is 0 Å². The van der Waals surface area contributed by atoms with E-state index in [2.05, 4.69) is 48.5 Å². The van der Waals surface area contributed by atoms with Gasteiger partial charge in [0.15, 0.2) is 5.96 Å². The molecule has 4 unspecified atom stereocenters. The summed E-state index contributed by atoms with van der Waals surface area (Å²) >= 11 is 0. The fraction of sp³-hybridized carbons (Fsp3) is 0.550. The Kier molecular flexibility index (Phi) is 5.53. The van der Waals surface area contributed by atoms with E-state index in [-0.39, 0.29) is 35.4 Å². The number of aliphatic imine (C=N–C) groups is 1. The van der Waals surface area contributed by atoms with Crippen molar-refractivity contribution >= 4 is 40.9 Å². The largest absolute Gasteiger partial charge is 0.459 e. The molecule has 2 aromatic rings. The lowest BCUT2D eigenvalue weighted by molar-refractivity contribution is -0.106. The van der Waals surface area contributed by atoms with E-state index in [4.69, 9.17) is 9.15 Å². The highest BCUT2D eigenvalue weighted by atomic mass is 127. The third-order valence-electron chi connectivity index (χ3n) is 5.84. The Balaban J connectivity index is 0.00000196. The molecule has 4 rings (SSSR count). The molecule has 1 saturated heterocycles. The zero-order valence-electron chi connectivity index (χ0n) is 15.8. The smallest absolute Gasteiger partial charge is 0.191 e. The first-order valence-electron chi connectivity index (χ1n) is 9.10. The summed E-state index contributed by atoms with van der Waals surface area (Å²) in [5.41, 5.74) is 1.04. The molecule has 1 aliphatic heterocycles. The highest BCUT2D eigenvalue weighted by molar-refractivity contribution is 14.0. The van der Waals surface area contributed by atoms with Crippen LogP contribution in [0.4, 0.5) is 0 Å². The standard InChI is InChI=1S/C20H27N3O2.HI/c1-12(16-11-13-7-5-6-8-15(13)25-16)22-19(21-4)23-17-14-9-10-24-18(14)20(17,2)3;/h5-8,11-12,14,17-18H,9-10H2,1-4H3,(H2,21,22,23);1H. The average molecular weight is 469 g/mol. The van der Waals surface area contributed by atoms with E-state index in [0.717, 1.165) is 35.7 Å². The summed E-state index contributed by atoms with van der Waals surface area (Å²) in [6, 6.07) is 10.6. The predicted octanol–water partition coefficient (Wildman–Crippen LogP) is 4.09. The van der Waals surface area contributed by atoms with Crippen LogP contribution in [0, 0.1) is 11.3 Å². The zero-order chi connectivity index (χ0) is 17.6. The zero-order valence-corrected chi connectivity index (χ0v) is 18.1. The molecular formula is C20H28IN3O2. The molecule has 0 bridgehead atoms. The Morgan fingerprint density at radius 1 is 1.31 bits per heavy atom. The second kappa shape index (κ2) is 7.38. The number of nitrogens with zero attached hydrogens (tertiary/aromatic N) is 1. The van der Waals surface area contributed by atoms with Crippen molar-refractivity contribution in [2.75, 3.05) is 13.7 Å². The highest BCUT2D eigenvalue weighted by Crippen LogP contribution is 2.52. The maximum absolute atomic E-state index is 5.97. The van der Waals surface area contributed by atoms with Crippen molar-refractivity contribution in [2.45, 2.75) is 45.4 Å². The molecule has 6 heteroatoms. The second-order valence-electron chi connectivity index (χ2n) is 7.81. The molecule has 5 nitrogen and oxygen atoms in total. The van der Waals surface area contributed by atoms with E-state index in [1.165, 1.54) is 0 Å². The van der Waals surface area contributed by atoms with Crippen LogP contribution < -0.4 is 10.6 Å². The van der Waals surface area contributed by atoms with E-state index < -0.39 is 0 Å². The molecule has 0 radical (unpaired) electrons. The summed E-state index contributed by atoms with van der Waals surface area (Å²) < 4.78 is 11.8. The van der Waals surface area contributed by atoms with Gasteiger partial charge in [-0.2, -0.15) is 0 Å². The monoisotopic (exact) mass is 469 g/mol. The van der Waals surface area contributed by atoms with Crippen molar-refractivity contribution in [1.29, 1.82) is 0 Å². The molecular weight excluding hydrogens is 441 g/mol. The maximum Gasteiger partial charge on any atom is 0.191 e. The SMILES string of the molecule is CN=C(NC(C)c1cc2ccccc2o1)NC1C2CCOC2C1(C)C.I. The van der Waals surface area contributed by atoms with Gasteiger partial charge in [0.25, 0.3) is 0 Å². The topological polar surface area (TPSA) is 58.8 Å². The molecule has 2 fully saturated rings. The Morgan fingerprint density at radius 3 is 2.81 bits per heavy atom. The molecule has 142 valence electrons. The van der Waals surface area contributed by atoms with Crippen molar-refractivity contribution in [3.05, 3.63) is 36.1 Å². The molecule has 26 heavy (non-hydrogen) atoms. The molecule has 1 aromatic heterocycles. The Morgan fingerprint density at radius 2 is 2.08 bits per heavy atom. The highest BCUT2D eigenvalue weighted by Gasteiger charge is 2.59. The number of halogens is 1. The minimum atomic E-state index is 0. The Bertz CT molecular complexity index is 768. The maximum atomic E-state index is 5.97. The Hall–Kier alpha value is -1.28. The molecule has 2 heterocycles. The van der Waals surface area contributed by atoms with Crippen LogP contribution in [-0.4, -0.2) is 31.8 Å². The van der Waals surface area contributed by atoms with Crippen molar-refractivity contribution in [2.24, 2.45) is 16.3 Å². The van der Waals surface area contributed by atoms with E-state index in [0.29, 0.717) is 18.1 Å². The molecule has 0 amide bonds. The molecule has 1 aromatic carbocycles. The summed E-state index contributed by atoms with van der Waals surface area (Å²) in [5.74, 6) is 2.31. The number of ether oxygens (including phenoxy) is 1. The van der Waals surface area contributed by atoms with Gasteiger partial charge in [0.05, 0.1) is 12.1 Å². The van der Waals surface area contributed by atoms with E-state index in [1.807, 2.05) is 25.2 Å². The van der Waals surface area contributed by atoms with Crippen molar-refractivity contribution < 1.29 is 9.15 Å². The van der Waals surface area contributed by atoms with Crippen LogP contribution in [0.3, 0.4) is 0 Å². The number of guanidine groups is 1. The lowest BCUT2D eigenvalue weighted by atomic mass is 9.57. The van der Waals surface area contributed by atoms with Crippen LogP contribution in [0.15, 0.2) is 39.7 Å². The first-order valence-corrected chi connectivity index (χ1v) is 9.10. The summed E-state index contributed by atoms with van der Waals surface area (Å²) in [5, 5.41) is 8.21. The molecule has 2 N–H and O–H groups in total. The predicted molar refractivity (Wildman–Crippen MR) is 115 cm³/mol. The number of fused-ring (bicyclic) bond motifs is 2. The number of benzene rings is 1. The number of hydrogen-bond donors (Lipinski definition) is 2. The first-order chi connectivity index (χ1) is 12.0. The summed E-state index contributed by atoms with van der Waals surface area (Å²) in [6.07, 6.45) is 1.50. The fourth-order valence-corrected chi connectivity index (χ4v) is 4.43. The number of nitrogens with one attached hydrogen (secondary N) is 2. The third-order valence-corrected chi connectivity index (χ3v) is 5.84. The van der Waals surface area contributed by atoms with Crippen LogP contribution >= 0.6 is 24.0 Å². The summed E-state index contributed by atoms with van der Waals surface area (Å²) in [6.45, 7) is 7.51. The van der Waals surface area contributed by atoms with Gasteiger partial charge in [0.1, 0.15) is 11.3 Å². The lowest BCUT2D eigenvalue weighted by Gasteiger charge is -2.55. The van der Waals surface area contributed by atoms with Crippen molar-refractivity contribution in [3.8, 4) is 0 Å². The van der Waals surface area contributed by atoms with Gasteiger partial charge in [0.2, 0.25) is 0 Å². The summed E-state index contributed by atoms with van der Waals surface area (Å²) in [7, 11) is 1.81. The van der Waals surface area contributed by atoms with Gasteiger partial charge in [-0.15, -0.1) is 24.0 Å². The number of rotatable bonds is 3. The van der Waals surface area contributed by atoms with Gasteiger partial charge in [-0.05, 0) is 25.5 Å². The van der Waals surface area contributed by atoms with Gasteiger partial charge in [-0.3, -0.25) is 4.99 Å². The fourth-order valence-electron chi connectivity index (χ4n) is 4.43. The van der Waals surface area contributed by atoms with Gasteiger partial charge in [-0.1, -0.05) is 32.0 Å². The molecule has 1 saturated carbocycles. The molecule has 4 atom stereocenters. The van der Waals surface area contributed by atoms with Gasteiger partial charge in [0, 0.05) is 36.4 Å². The third kappa shape index (κ3) is 3.22. The van der Waals surface area contributed by atoms with Crippen LogP contribution in [0.1, 0.15) is 39.0 Å². The van der Waals surface area contributed by atoms with Crippen LogP contribution in [-0.2, 0) is 4.74 Å². The van der Waals surface area contributed by atoms with Crippen LogP contribution in [0.2, 0.25) is 0 Å². The van der Waals surface area contributed by atoms with Crippen LogP contribution in [0.25, 0.3) is 11.0 Å². The molecule has 1 aliphatic carbocycles. The van der Waals surface area contributed by atoms with E-state index in [1.54, 1.807) is 0 Å². The number of hydrogen-bond acceptors (Lipinski definition) is 3. The van der Waals surface area contributed by atoms with Crippen LogP contribution in [0.5, 0.6) is 0 Å². The second-order valence-corrected chi connectivity index (χ2v) is 7.81. The minimum absolute atomic E-state index is 0. The minimum Gasteiger partial charge on any atom is -0.459 e. The number of para-hydroxylation sites is 1. The van der Waals surface area contributed by atoms with Gasteiger partial charge >= 0.3 is 0 Å². The number of furan rings is 1. The quantitative estimate of drug-likeness (QED) is 0.404.